The quantitative estimate of drug-likeness (QED) is 0.703. The van der Waals surface area contributed by atoms with Crippen LogP contribution in [0.5, 0.6) is 0 Å². The minimum absolute atomic E-state index is 0.0194. The van der Waals surface area contributed by atoms with Gasteiger partial charge in [-0.2, -0.15) is 0 Å². The van der Waals surface area contributed by atoms with Gasteiger partial charge < -0.3 is 15.0 Å². The highest BCUT2D eigenvalue weighted by atomic mass is 32.2. The second kappa shape index (κ2) is 6.95. The first-order valence-electron chi connectivity index (χ1n) is 7.31. The standard InChI is InChI=1S/C14H19N3O5S/c1-3-6-15-13(18)10(2)22-14(19)11-5-4-7-17-8-9-23(20,21)16-12(11)17/h4-5,7,10H,3,6,8-9H2,1-2H3,(H,15,18)/t10-/m0/s1. The fourth-order valence-electron chi connectivity index (χ4n) is 2.04. The van der Waals surface area contributed by atoms with Crippen molar-refractivity contribution in [2.45, 2.75) is 26.4 Å². The number of ether oxygens (including phenoxy) is 1. The molecule has 0 aromatic rings. The van der Waals surface area contributed by atoms with Gasteiger partial charge in [-0.15, -0.1) is 4.40 Å². The molecule has 23 heavy (non-hydrogen) atoms. The summed E-state index contributed by atoms with van der Waals surface area (Å²) in [6.45, 7) is 4.07. The van der Waals surface area contributed by atoms with Gasteiger partial charge in [0.25, 0.3) is 15.9 Å². The van der Waals surface area contributed by atoms with Crippen LogP contribution >= 0.6 is 0 Å². The van der Waals surface area contributed by atoms with Gasteiger partial charge in [0.2, 0.25) is 0 Å². The monoisotopic (exact) mass is 341 g/mol. The molecule has 2 aliphatic rings. The first-order valence-corrected chi connectivity index (χ1v) is 8.92. The number of carbonyl (C=O) groups is 2. The summed E-state index contributed by atoms with van der Waals surface area (Å²) < 4.78 is 32.0. The smallest absolute Gasteiger partial charge is 0.342 e. The zero-order chi connectivity index (χ0) is 17.0. The number of hydrogen-bond donors (Lipinski definition) is 1. The Morgan fingerprint density at radius 3 is 2.91 bits per heavy atom. The number of nitrogens with zero attached hydrogens (tertiary/aromatic N) is 2. The molecule has 0 spiro atoms. The van der Waals surface area contributed by atoms with Crippen molar-refractivity contribution in [3.63, 3.8) is 0 Å². The number of fused-ring (bicyclic) bond motifs is 1. The van der Waals surface area contributed by atoms with Crippen LogP contribution in [0.25, 0.3) is 0 Å². The van der Waals surface area contributed by atoms with Crippen molar-refractivity contribution in [3.05, 3.63) is 23.9 Å². The van der Waals surface area contributed by atoms with E-state index in [0.717, 1.165) is 6.42 Å². The van der Waals surface area contributed by atoms with Gasteiger partial charge in [0.15, 0.2) is 11.9 Å². The lowest BCUT2D eigenvalue weighted by Crippen LogP contribution is -2.42. The molecule has 1 amide bonds. The Labute approximate surface area is 134 Å². The Morgan fingerprint density at radius 1 is 1.48 bits per heavy atom. The highest BCUT2D eigenvalue weighted by molar-refractivity contribution is 7.90. The van der Waals surface area contributed by atoms with Crippen molar-refractivity contribution in [1.29, 1.82) is 0 Å². The molecule has 2 heterocycles. The lowest BCUT2D eigenvalue weighted by Gasteiger charge is -2.28. The van der Waals surface area contributed by atoms with Gasteiger partial charge in [0, 0.05) is 19.3 Å². The van der Waals surface area contributed by atoms with Crippen LogP contribution in [-0.4, -0.2) is 56.0 Å². The maximum atomic E-state index is 12.2. The molecular weight excluding hydrogens is 322 g/mol. The minimum atomic E-state index is -3.59. The van der Waals surface area contributed by atoms with E-state index in [1.807, 2.05) is 6.92 Å². The summed E-state index contributed by atoms with van der Waals surface area (Å²) in [5.74, 6) is -1.26. The average molecular weight is 341 g/mol. The Hall–Kier alpha value is -2.16. The molecule has 0 saturated heterocycles. The predicted octanol–water partition coefficient (Wildman–Crippen LogP) is -0.0581. The molecule has 1 atom stereocenters. The zero-order valence-corrected chi connectivity index (χ0v) is 13.8. The SMILES string of the molecule is CCCNC(=O)[C@H](C)OC(=O)C1=CC=CN2CCS(=O)(=O)N=C12. The number of carbonyl (C=O) groups excluding carboxylic acids is 2. The number of amides is 1. The number of hydrogen-bond acceptors (Lipinski definition) is 6. The van der Waals surface area contributed by atoms with Crippen molar-refractivity contribution in [3.8, 4) is 0 Å². The third-order valence-corrected chi connectivity index (χ3v) is 4.43. The van der Waals surface area contributed by atoms with Crippen LogP contribution in [0.2, 0.25) is 0 Å². The Morgan fingerprint density at radius 2 is 2.22 bits per heavy atom. The predicted molar refractivity (Wildman–Crippen MR) is 84.0 cm³/mol. The van der Waals surface area contributed by atoms with Crippen LogP contribution in [0.1, 0.15) is 20.3 Å². The molecular formula is C14H19N3O5S. The normalized spacial score (nSPS) is 20.0. The molecule has 0 aromatic heterocycles. The van der Waals surface area contributed by atoms with Gasteiger partial charge in [0.1, 0.15) is 5.57 Å². The van der Waals surface area contributed by atoms with Crippen molar-refractivity contribution in [1.82, 2.24) is 10.2 Å². The number of nitrogens with one attached hydrogen (secondary N) is 1. The van der Waals surface area contributed by atoms with Crippen LogP contribution in [0, 0.1) is 0 Å². The molecule has 1 N–H and O–H groups in total. The molecule has 0 aromatic carbocycles. The van der Waals surface area contributed by atoms with Crippen LogP contribution in [-0.2, 0) is 24.3 Å². The third-order valence-electron chi connectivity index (χ3n) is 3.28. The first-order chi connectivity index (χ1) is 10.8. The Kier molecular flexibility index (Phi) is 5.19. The summed E-state index contributed by atoms with van der Waals surface area (Å²) >= 11 is 0. The lowest BCUT2D eigenvalue weighted by atomic mass is 10.1. The van der Waals surface area contributed by atoms with Crippen LogP contribution < -0.4 is 5.32 Å². The second-order valence-electron chi connectivity index (χ2n) is 5.15. The molecule has 126 valence electrons. The Balaban J connectivity index is 2.12. The van der Waals surface area contributed by atoms with Gasteiger partial charge in [-0.05, 0) is 25.5 Å². The summed E-state index contributed by atoms with van der Waals surface area (Å²) in [6, 6.07) is 0. The summed E-state index contributed by atoms with van der Waals surface area (Å²) in [4.78, 5) is 25.6. The largest absolute Gasteiger partial charge is 0.449 e. The number of amidine groups is 1. The van der Waals surface area contributed by atoms with Crippen molar-refractivity contribution in [2.24, 2.45) is 4.40 Å². The van der Waals surface area contributed by atoms with E-state index in [2.05, 4.69) is 9.71 Å². The molecule has 2 aliphatic heterocycles. The maximum absolute atomic E-state index is 12.2. The molecule has 0 aliphatic carbocycles. The van der Waals surface area contributed by atoms with Crippen LogP contribution in [0.15, 0.2) is 28.3 Å². The summed E-state index contributed by atoms with van der Waals surface area (Å²) in [7, 11) is -3.59. The van der Waals surface area contributed by atoms with E-state index in [1.54, 1.807) is 17.2 Å². The first kappa shape index (κ1) is 17.2. The molecule has 8 nitrogen and oxygen atoms in total. The highest BCUT2D eigenvalue weighted by Gasteiger charge is 2.32. The van der Waals surface area contributed by atoms with Gasteiger partial charge in [-0.1, -0.05) is 6.92 Å². The van der Waals surface area contributed by atoms with Gasteiger partial charge in [0.05, 0.1) is 5.75 Å². The van der Waals surface area contributed by atoms with Crippen molar-refractivity contribution >= 4 is 27.7 Å². The minimum Gasteiger partial charge on any atom is -0.449 e. The van der Waals surface area contributed by atoms with Gasteiger partial charge in [-0.25, -0.2) is 13.2 Å². The summed E-state index contributed by atoms with van der Waals surface area (Å²) in [5.41, 5.74) is 0.0194. The van der Waals surface area contributed by atoms with E-state index >= 15 is 0 Å². The summed E-state index contributed by atoms with van der Waals surface area (Å²) in [5, 5.41) is 2.62. The molecule has 9 heteroatoms. The fourth-order valence-corrected chi connectivity index (χ4v) is 3.03. The molecule has 0 radical (unpaired) electrons. The molecule has 0 fully saturated rings. The van der Waals surface area contributed by atoms with Gasteiger partial charge in [-0.3, -0.25) is 4.79 Å². The van der Waals surface area contributed by atoms with E-state index in [0.29, 0.717) is 6.54 Å². The number of sulfonamides is 1. The summed E-state index contributed by atoms with van der Waals surface area (Å²) in [6.07, 6.45) is 4.47. The number of allylic oxidation sites excluding steroid dienone is 2. The van der Waals surface area contributed by atoms with Crippen molar-refractivity contribution < 1.29 is 22.7 Å². The third kappa shape index (κ3) is 4.19. The van der Waals surface area contributed by atoms with E-state index in [-0.39, 0.29) is 23.7 Å². The molecule has 0 bridgehead atoms. The Bertz CT molecular complexity index is 693. The van der Waals surface area contributed by atoms with Gasteiger partial charge >= 0.3 is 5.97 Å². The van der Waals surface area contributed by atoms with E-state index in [9.17, 15) is 18.0 Å². The van der Waals surface area contributed by atoms with E-state index < -0.39 is 28.0 Å². The molecule has 2 rings (SSSR count). The van der Waals surface area contributed by atoms with E-state index in [4.69, 9.17) is 4.74 Å². The number of rotatable bonds is 5. The average Bonchev–Trinajstić information content (AvgIpc) is 2.50. The molecule has 0 saturated carbocycles. The highest BCUT2D eigenvalue weighted by Crippen LogP contribution is 2.19. The topological polar surface area (TPSA) is 105 Å². The zero-order valence-electron chi connectivity index (χ0n) is 13.0. The maximum Gasteiger partial charge on any atom is 0.342 e. The molecule has 0 unspecified atom stereocenters. The number of esters is 1. The van der Waals surface area contributed by atoms with E-state index in [1.165, 1.54) is 13.0 Å². The van der Waals surface area contributed by atoms with Crippen molar-refractivity contribution in [2.75, 3.05) is 18.8 Å². The fraction of sp³-hybridized carbons (Fsp3) is 0.500. The van der Waals surface area contributed by atoms with Crippen LogP contribution in [0.4, 0.5) is 0 Å². The van der Waals surface area contributed by atoms with Crippen LogP contribution in [0.3, 0.4) is 0 Å². The lowest BCUT2D eigenvalue weighted by molar-refractivity contribution is -0.150. The second-order valence-corrected chi connectivity index (χ2v) is 6.91.